The fourth-order valence-corrected chi connectivity index (χ4v) is 3.16. The standard InChI is InChI=1S/C17H19ClN2/c1-19-13-20(17-10-6-5-9-16(17)19)15(11-12-18)14-7-3-2-4-8-14/h2-10,15H,11-13H2,1H3/t15-/m1/s1. The van der Waals surface area contributed by atoms with Crippen LogP contribution in [0.4, 0.5) is 11.4 Å². The van der Waals surface area contributed by atoms with Crippen LogP contribution < -0.4 is 9.80 Å². The predicted octanol–water partition coefficient (Wildman–Crippen LogP) is 4.27. The van der Waals surface area contributed by atoms with Crippen LogP contribution in [0.25, 0.3) is 0 Å². The molecule has 0 amide bonds. The molecular formula is C17H19ClN2. The van der Waals surface area contributed by atoms with Gasteiger partial charge in [-0.25, -0.2) is 0 Å². The molecule has 0 radical (unpaired) electrons. The largest absolute Gasteiger partial charge is 0.355 e. The monoisotopic (exact) mass is 286 g/mol. The minimum Gasteiger partial charge on any atom is -0.355 e. The van der Waals surface area contributed by atoms with E-state index >= 15 is 0 Å². The van der Waals surface area contributed by atoms with Gasteiger partial charge in [-0.15, -0.1) is 11.6 Å². The molecule has 0 unspecified atom stereocenters. The minimum absolute atomic E-state index is 0.333. The van der Waals surface area contributed by atoms with Crippen molar-refractivity contribution in [3.8, 4) is 0 Å². The molecule has 3 rings (SSSR count). The molecule has 2 aromatic rings. The lowest BCUT2D eigenvalue weighted by Crippen LogP contribution is -2.32. The van der Waals surface area contributed by atoms with E-state index < -0.39 is 0 Å². The number of anilines is 2. The van der Waals surface area contributed by atoms with Gasteiger partial charge in [0, 0.05) is 12.9 Å². The first-order valence-corrected chi connectivity index (χ1v) is 7.52. The van der Waals surface area contributed by atoms with Gasteiger partial charge in [-0.2, -0.15) is 0 Å². The zero-order valence-corrected chi connectivity index (χ0v) is 12.4. The molecule has 0 N–H and O–H groups in total. The van der Waals surface area contributed by atoms with Gasteiger partial charge in [0.15, 0.2) is 0 Å². The SMILES string of the molecule is CN1CN([C@H](CCCl)c2ccccc2)c2ccccc21. The summed E-state index contributed by atoms with van der Waals surface area (Å²) in [5, 5.41) is 0. The van der Waals surface area contributed by atoms with Crippen molar-refractivity contribution < 1.29 is 0 Å². The minimum atomic E-state index is 0.333. The Morgan fingerprint density at radius 2 is 1.65 bits per heavy atom. The summed E-state index contributed by atoms with van der Waals surface area (Å²) in [7, 11) is 2.14. The number of hydrogen-bond donors (Lipinski definition) is 0. The zero-order chi connectivity index (χ0) is 13.9. The molecule has 0 saturated heterocycles. The van der Waals surface area contributed by atoms with E-state index in [1.165, 1.54) is 16.9 Å². The molecular weight excluding hydrogens is 268 g/mol. The molecule has 1 aliphatic rings. The lowest BCUT2D eigenvalue weighted by molar-refractivity contribution is 0.619. The van der Waals surface area contributed by atoms with Gasteiger partial charge in [0.25, 0.3) is 0 Å². The summed E-state index contributed by atoms with van der Waals surface area (Å²) in [6, 6.07) is 19.6. The molecule has 20 heavy (non-hydrogen) atoms. The molecule has 0 aromatic heterocycles. The topological polar surface area (TPSA) is 6.48 Å². The molecule has 0 bridgehead atoms. The molecule has 3 heteroatoms. The van der Waals surface area contributed by atoms with E-state index in [1.54, 1.807) is 0 Å². The number of fused-ring (bicyclic) bond motifs is 1. The summed E-state index contributed by atoms with van der Waals surface area (Å²) in [4.78, 5) is 4.74. The molecule has 0 aliphatic carbocycles. The van der Waals surface area contributed by atoms with Crippen LogP contribution in [0.3, 0.4) is 0 Å². The fraction of sp³-hybridized carbons (Fsp3) is 0.294. The third-order valence-electron chi connectivity index (χ3n) is 3.91. The number of nitrogens with zero attached hydrogens (tertiary/aromatic N) is 2. The van der Waals surface area contributed by atoms with Crippen molar-refractivity contribution in [1.82, 2.24) is 0 Å². The van der Waals surface area contributed by atoms with Crippen LogP contribution >= 0.6 is 11.6 Å². The van der Waals surface area contributed by atoms with Gasteiger partial charge < -0.3 is 9.80 Å². The van der Waals surface area contributed by atoms with E-state index in [2.05, 4.69) is 71.4 Å². The van der Waals surface area contributed by atoms with Gasteiger partial charge in [-0.3, -0.25) is 0 Å². The third kappa shape index (κ3) is 2.36. The van der Waals surface area contributed by atoms with Gasteiger partial charge in [0.2, 0.25) is 0 Å². The van der Waals surface area contributed by atoms with Crippen LogP contribution in [0.2, 0.25) is 0 Å². The van der Waals surface area contributed by atoms with Gasteiger partial charge in [-0.05, 0) is 24.1 Å². The van der Waals surface area contributed by atoms with E-state index in [-0.39, 0.29) is 0 Å². The van der Waals surface area contributed by atoms with E-state index in [0.29, 0.717) is 11.9 Å². The molecule has 1 atom stereocenters. The molecule has 2 aromatic carbocycles. The highest BCUT2D eigenvalue weighted by molar-refractivity contribution is 6.17. The maximum Gasteiger partial charge on any atom is 0.0907 e. The van der Waals surface area contributed by atoms with Crippen LogP contribution in [-0.4, -0.2) is 19.6 Å². The average molecular weight is 287 g/mol. The van der Waals surface area contributed by atoms with Gasteiger partial charge in [0.1, 0.15) is 0 Å². The summed E-state index contributed by atoms with van der Waals surface area (Å²) in [6.45, 7) is 0.912. The second kappa shape index (κ2) is 5.76. The lowest BCUT2D eigenvalue weighted by atomic mass is 10.0. The number of hydrogen-bond acceptors (Lipinski definition) is 2. The fourth-order valence-electron chi connectivity index (χ4n) is 2.96. The first kappa shape index (κ1) is 13.3. The van der Waals surface area contributed by atoms with E-state index in [9.17, 15) is 0 Å². The summed E-state index contributed by atoms with van der Waals surface area (Å²) in [5.41, 5.74) is 3.93. The summed E-state index contributed by atoms with van der Waals surface area (Å²) in [6.07, 6.45) is 0.952. The third-order valence-corrected chi connectivity index (χ3v) is 4.13. The van der Waals surface area contributed by atoms with Gasteiger partial charge >= 0.3 is 0 Å². The number of para-hydroxylation sites is 2. The van der Waals surface area contributed by atoms with Crippen molar-refractivity contribution in [2.75, 3.05) is 29.4 Å². The van der Waals surface area contributed by atoms with Crippen molar-refractivity contribution >= 4 is 23.0 Å². The van der Waals surface area contributed by atoms with Crippen molar-refractivity contribution in [3.05, 3.63) is 60.2 Å². The van der Waals surface area contributed by atoms with Crippen LogP contribution in [0, 0.1) is 0 Å². The van der Waals surface area contributed by atoms with Crippen LogP contribution in [-0.2, 0) is 0 Å². The first-order valence-electron chi connectivity index (χ1n) is 6.99. The predicted molar refractivity (Wildman–Crippen MR) is 86.7 cm³/mol. The van der Waals surface area contributed by atoms with E-state index in [1.807, 2.05) is 0 Å². The molecule has 0 spiro atoms. The normalized spacial score (nSPS) is 15.3. The van der Waals surface area contributed by atoms with Crippen molar-refractivity contribution in [3.63, 3.8) is 0 Å². The maximum atomic E-state index is 6.05. The number of rotatable bonds is 4. The van der Waals surface area contributed by atoms with Crippen molar-refractivity contribution in [1.29, 1.82) is 0 Å². The lowest BCUT2D eigenvalue weighted by Gasteiger charge is -2.30. The maximum absolute atomic E-state index is 6.05. The van der Waals surface area contributed by atoms with Gasteiger partial charge in [-0.1, -0.05) is 42.5 Å². The summed E-state index contributed by atoms with van der Waals surface area (Å²) in [5.74, 6) is 0.669. The first-order chi connectivity index (χ1) is 9.81. The molecule has 0 fully saturated rings. The molecule has 0 saturated carbocycles. The Morgan fingerprint density at radius 1 is 1.00 bits per heavy atom. The Kier molecular flexibility index (Phi) is 3.83. The molecule has 1 aliphatic heterocycles. The number of alkyl halides is 1. The van der Waals surface area contributed by atoms with Crippen molar-refractivity contribution in [2.24, 2.45) is 0 Å². The van der Waals surface area contributed by atoms with Crippen LogP contribution in [0.15, 0.2) is 54.6 Å². The smallest absolute Gasteiger partial charge is 0.0907 e. The number of benzene rings is 2. The summed E-state index contributed by atoms with van der Waals surface area (Å²) < 4.78 is 0. The second-order valence-corrected chi connectivity index (χ2v) is 5.58. The molecule has 1 heterocycles. The Labute approximate surface area is 125 Å². The van der Waals surface area contributed by atoms with E-state index in [4.69, 9.17) is 11.6 Å². The Morgan fingerprint density at radius 3 is 2.35 bits per heavy atom. The average Bonchev–Trinajstić information content (AvgIpc) is 2.83. The summed E-state index contributed by atoms with van der Waals surface area (Å²) >= 11 is 6.05. The second-order valence-electron chi connectivity index (χ2n) is 5.20. The highest BCUT2D eigenvalue weighted by Crippen LogP contribution is 2.40. The van der Waals surface area contributed by atoms with Crippen molar-refractivity contribution in [2.45, 2.75) is 12.5 Å². The zero-order valence-electron chi connectivity index (χ0n) is 11.7. The Bertz CT molecular complexity index is 570. The van der Waals surface area contributed by atoms with Crippen LogP contribution in [0.1, 0.15) is 18.0 Å². The Hall–Kier alpha value is -1.67. The highest BCUT2D eigenvalue weighted by atomic mass is 35.5. The molecule has 104 valence electrons. The number of halogens is 1. The van der Waals surface area contributed by atoms with E-state index in [0.717, 1.165) is 13.1 Å². The Balaban J connectivity index is 1.98. The van der Waals surface area contributed by atoms with Gasteiger partial charge in [0.05, 0.1) is 24.1 Å². The van der Waals surface area contributed by atoms with Crippen LogP contribution in [0.5, 0.6) is 0 Å². The molecule has 2 nitrogen and oxygen atoms in total. The highest BCUT2D eigenvalue weighted by Gasteiger charge is 2.29. The quantitative estimate of drug-likeness (QED) is 0.775.